The van der Waals surface area contributed by atoms with E-state index >= 15 is 0 Å². The fourth-order valence-electron chi connectivity index (χ4n) is 7.33. The van der Waals surface area contributed by atoms with Crippen molar-refractivity contribution in [3.63, 3.8) is 0 Å². The number of esters is 1. The average Bonchev–Trinajstić information content (AvgIpc) is 4.05. The van der Waals surface area contributed by atoms with Gasteiger partial charge in [-0.2, -0.15) is 4.98 Å². The van der Waals surface area contributed by atoms with E-state index in [0.717, 1.165) is 16.6 Å². The van der Waals surface area contributed by atoms with Gasteiger partial charge in [0.25, 0.3) is 0 Å². The molecule has 3 aliphatic heterocycles. The first-order valence-electron chi connectivity index (χ1n) is 20.1. The van der Waals surface area contributed by atoms with Crippen LogP contribution in [0.15, 0.2) is 77.3 Å². The van der Waals surface area contributed by atoms with Crippen LogP contribution in [0, 0.1) is 0 Å². The van der Waals surface area contributed by atoms with Crippen LogP contribution in [-0.4, -0.2) is 131 Å². The SMILES string of the molecule is C=CCCC(=O)NCC1=NC(C(=O)OC2[C@@H](COP(=O)(O)OC3C[C@H](n4ccc(N)nc4=O)O[C@@H]3COP(=O)(O)O)O[C@@H](n3cnc4c(N)ncnc43)[C@H]2O)=C(c2ccc(N(C)C)cc2)C1. The maximum absolute atomic E-state index is 14.3. The number of amides is 1. The van der Waals surface area contributed by atoms with Crippen molar-refractivity contribution in [1.82, 2.24) is 34.4 Å². The van der Waals surface area contributed by atoms with Gasteiger partial charge in [-0.05, 0) is 35.8 Å². The number of rotatable bonds is 19. The monoisotopic (exact) mass is 959 g/mol. The predicted molar refractivity (Wildman–Crippen MR) is 232 cm³/mol. The Morgan fingerprint density at radius 1 is 1.03 bits per heavy atom. The van der Waals surface area contributed by atoms with Crippen LogP contribution in [0.4, 0.5) is 17.3 Å². The smallest absolute Gasteiger partial charge is 0.452 e. The van der Waals surface area contributed by atoms with Gasteiger partial charge in [-0.1, -0.05) is 18.2 Å². The summed E-state index contributed by atoms with van der Waals surface area (Å²) in [6, 6.07) is 8.55. The summed E-state index contributed by atoms with van der Waals surface area (Å²) < 4.78 is 60.8. The Hall–Kier alpha value is -5.76. The number of aliphatic imine (C=N–C) groups is 1. The number of carbonyl (C=O) groups is 2. The summed E-state index contributed by atoms with van der Waals surface area (Å²) >= 11 is 0. The first-order valence-corrected chi connectivity index (χ1v) is 23.1. The number of allylic oxidation sites excluding steroid dienone is 2. The Bertz CT molecular complexity index is 2690. The lowest BCUT2D eigenvalue weighted by molar-refractivity contribution is -0.151. The third-order valence-electron chi connectivity index (χ3n) is 10.6. The summed E-state index contributed by atoms with van der Waals surface area (Å²) in [6.45, 7) is 1.91. The normalized spacial score (nSPS) is 24.0. The third-order valence-corrected chi connectivity index (χ3v) is 12.1. The summed E-state index contributed by atoms with van der Waals surface area (Å²) in [7, 11) is -6.59. The van der Waals surface area contributed by atoms with Crippen LogP contribution in [0.25, 0.3) is 16.7 Å². The van der Waals surface area contributed by atoms with Crippen LogP contribution < -0.4 is 27.4 Å². The highest BCUT2D eigenvalue weighted by molar-refractivity contribution is 7.47. The number of phosphoric acid groups is 2. The van der Waals surface area contributed by atoms with Crippen molar-refractivity contribution in [3.8, 4) is 0 Å². The molecule has 6 heterocycles. The lowest BCUT2D eigenvalue weighted by Gasteiger charge is -2.24. The number of nitrogens with zero attached hydrogens (tertiary/aromatic N) is 8. The Balaban J connectivity index is 1.15. The first kappa shape index (κ1) is 48.2. The van der Waals surface area contributed by atoms with Gasteiger partial charge in [0, 0.05) is 51.0 Å². The summed E-state index contributed by atoms with van der Waals surface area (Å²) in [5, 5.41) is 14.6. The number of nitrogens with two attached hydrogens (primary N) is 2. The molecule has 9 N–H and O–H groups in total. The topological polar surface area (TPSA) is 363 Å². The molecule has 354 valence electrons. The summed E-state index contributed by atoms with van der Waals surface area (Å²) in [5.41, 5.74) is 13.2. The molecule has 2 fully saturated rings. The minimum atomic E-state index is -5.24. The molecule has 8 atom stereocenters. The largest absolute Gasteiger partial charge is 0.472 e. The van der Waals surface area contributed by atoms with E-state index < -0.39 is 83.5 Å². The van der Waals surface area contributed by atoms with E-state index in [1.54, 1.807) is 18.2 Å². The highest BCUT2D eigenvalue weighted by atomic mass is 31.2. The number of aliphatic hydroxyl groups excluding tert-OH is 1. The van der Waals surface area contributed by atoms with Crippen LogP contribution in [0.3, 0.4) is 0 Å². The van der Waals surface area contributed by atoms with Gasteiger partial charge in [0.1, 0.15) is 48.3 Å². The van der Waals surface area contributed by atoms with E-state index in [-0.39, 0.29) is 60.2 Å². The molecule has 28 heteroatoms. The quantitative estimate of drug-likeness (QED) is 0.0387. The van der Waals surface area contributed by atoms with Crippen molar-refractivity contribution in [2.75, 3.05) is 50.2 Å². The number of nitrogens with one attached hydrogen (secondary N) is 1. The Morgan fingerprint density at radius 3 is 2.47 bits per heavy atom. The van der Waals surface area contributed by atoms with Gasteiger partial charge < -0.3 is 55.7 Å². The minimum absolute atomic E-state index is 0.0108. The predicted octanol–water partition coefficient (Wildman–Crippen LogP) is 0.721. The number of aliphatic hydroxyl groups is 1. The number of fused-ring (bicyclic) bond motifs is 1. The molecule has 3 aliphatic rings. The van der Waals surface area contributed by atoms with Crippen molar-refractivity contribution in [2.24, 2.45) is 4.99 Å². The Kier molecular flexibility index (Phi) is 14.6. The van der Waals surface area contributed by atoms with E-state index in [0.29, 0.717) is 23.3 Å². The summed E-state index contributed by atoms with van der Waals surface area (Å²) in [4.78, 5) is 91.5. The number of carbonyl (C=O) groups excluding carboxylic acids is 2. The van der Waals surface area contributed by atoms with E-state index in [4.69, 9.17) is 34.7 Å². The summed E-state index contributed by atoms with van der Waals surface area (Å²) in [5.74, 6) is -1.37. The number of benzene rings is 1. The van der Waals surface area contributed by atoms with Gasteiger partial charge >= 0.3 is 27.3 Å². The molecular formula is C38H47N11O15P2. The van der Waals surface area contributed by atoms with Crippen molar-refractivity contribution in [2.45, 2.75) is 68.7 Å². The lowest BCUT2D eigenvalue weighted by atomic mass is 10.00. The molecule has 3 aromatic heterocycles. The van der Waals surface area contributed by atoms with Crippen LogP contribution >= 0.6 is 15.6 Å². The first-order chi connectivity index (χ1) is 31.3. The number of imidazole rings is 1. The Labute approximate surface area is 374 Å². The molecule has 0 radical (unpaired) electrons. The number of aromatic nitrogens is 6. The number of anilines is 3. The number of hydrogen-bond acceptors (Lipinski definition) is 20. The van der Waals surface area contributed by atoms with E-state index in [9.17, 15) is 43.3 Å². The van der Waals surface area contributed by atoms with E-state index in [1.165, 1.54) is 23.2 Å². The maximum Gasteiger partial charge on any atom is 0.472 e. The zero-order valence-corrected chi connectivity index (χ0v) is 37.1. The Morgan fingerprint density at radius 2 is 1.77 bits per heavy atom. The van der Waals surface area contributed by atoms with Crippen molar-refractivity contribution in [3.05, 3.63) is 83.6 Å². The molecule has 0 saturated carbocycles. The van der Waals surface area contributed by atoms with Gasteiger partial charge in [0.2, 0.25) is 5.91 Å². The molecule has 3 unspecified atom stereocenters. The molecular weight excluding hydrogens is 912 g/mol. The number of ether oxygens (including phenoxy) is 3. The summed E-state index contributed by atoms with van der Waals surface area (Å²) in [6.07, 6.45) is -4.75. The van der Waals surface area contributed by atoms with Gasteiger partial charge in [-0.25, -0.2) is 38.7 Å². The van der Waals surface area contributed by atoms with Crippen molar-refractivity contribution < 1.29 is 66.3 Å². The van der Waals surface area contributed by atoms with Crippen LogP contribution in [0.1, 0.15) is 43.7 Å². The lowest BCUT2D eigenvalue weighted by Crippen LogP contribution is -2.38. The van der Waals surface area contributed by atoms with Crippen LogP contribution in [0.2, 0.25) is 0 Å². The van der Waals surface area contributed by atoms with Crippen molar-refractivity contribution in [1.29, 1.82) is 0 Å². The van der Waals surface area contributed by atoms with Gasteiger partial charge in [-0.15, -0.1) is 6.58 Å². The van der Waals surface area contributed by atoms with Gasteiger partial charge in [-0.3, -0.25) is 27.5 Å². The highest BCUT2D eigenvalue weighted by Crippen LogP contribution is 2.50. The maximum atomic E-state index is 14.3. The van der Waals surface area contributed by atoms with Crippen LogP contribution in [-0.2, 0) is 46.5 Å². The molecule has 7 rings (SSSR count). The molecule has 4 aromatic rings. The third kappa shape index (κ3) is 11.2. The molecule has 2 saturated heterocycles. The minimum Gasteiger partial charge on any atom is -0.452 e. The average molecular weight is 960 g/mol. The molecule has 1 amide bonds. The van der Waals surface area contributed by atoms with Gasteiger partial charge in [0.05, 0.1) is 26.1 Å². The second kappa shape index (κ2) is 20.0. The zero-order chi connectivity index (χ0) is 47.5. The molecule has 66 heavy (non-hydrogen) atoms. The molecule has 0 aliphatic carbocycles. The second-order valence-electron chi connectivity index (χ2n) is 15.3. The molecule has 26 nitrogen and oxygen atoms in total. The number of hydrogen-bond donors (Lipinski definition) is 7. The van der Waals surface area contributed by atoms with Gasteiger partial charge in [0.15, 0.2) is 29.5 Å². The molecule has 0 spiro atoms. The number of phosphoric ester groups is 2. The second-order valence-corrected chi connectivity index (χ2v) is 18.0. The molecule has 1 aromatic carbocycles. The van der Waals surface area contributed by atoms with Crippen molar-refractivity contribution >= 4 is 67.3 Å². The fourth-order valence-corrected chi connectivity index (χ4v) is 8.63. The highest BCUT2D eigenvalue weighted by Gasteiger charge is 2.50. The van der Waals surface area contributed by atoms with Crippen LogP contribution in [0.5, 0.6) is 0 Å². The fraction of sp³-hybridized carbons (Fsp3) is 0.421. The zero-order valence-electron chi connectivity index (χ0n) is 35.3. The van der Waals surface area contributed by atoms with E-state index in [1.807, 2.05) is 31.1 Å². The standard InChI is InChI=1S/C38H47N11O15P2/c1-4-5-6-28(50)41-15-21-13-23(20-7-9-22(10-8-20)47(2)3)30(45-21)37(52)63-33-26(62-36(32(33)51)49-19-44-31-34(40)42-18-43-35(31)49)17-60-66(57,58)64-24-14-29(48-12-11-27(39)46-38(48)53)61-25(24)16-59-65(54,55)56/h4,7-12,18-19,24-26,29,32-33,36,51H,1,5-6,13-17H2,2-3H3,(H,41,50)(H,57,58)(H2,39,46,53)(H2,40,42,43)(H2,54,55,56)/t24?,25-,26-,29-,32+,33?,36-/m1/s1. The van der Waals surface area contributed by atoms with E-state index in [2.05, 4.69) is 41.3 Å². The molecule has 0 bridgehead atoms. The number of nitrogen functional groups attached to an aromatic ring is 2.